The SMILES string of the molecule is Cc1cc2c(cc1C)N(C)c1[nH]c(=O)n(CC(=O)O)c(=O)c1N2. The normalized spacial score (nSPS) is 12.4. The van der Waals surface area contributed by atoms with Crippen molar-refractivity contribution in [2.75, 3.05) is 17.3 Å². The fourth-order valence-electron chi connectivity index (χ4n) is 2.64. The summed E-state index contributed by atoms with van der Waals surface area (Å²) in [7, 11) is 1.74. The highest BCUT2D eigenvalue weighted by Gasteiger charge is 2.26. The third-order valence-electron chi connectivity index (χ3n) is 4.03. The molecule has 2 aromatic rings. The van der Waals surface area contributed by atoms with Gasteiger partial charge < -0.3 is 15.3 Å². The molecule has 0 spiro atoms. The molecule has 120 valence electrons. The zero-order chi connectivity index (χ0) is 16.9. The van der Waals surface area contributed by atoms with Crippen molar-refractivity contribution in [3.8, 4) is 0 Å². The molecular weight excluding hydrogens is 300 g/mol. The standard InChI is InChI=1S/C15H16N4O4/c1-7-4-9-10(5-8(7)2)18(3)13-12(16-9)14(22)19(6-11(20)21)15(23)17-13/h4-5,16H,6H2,1-3H3,(H,17,23)(H,20,21). The van der Waals surface area contributed by atoms with Crippen LogP contribution in [0, 0.1) is 13.8 Å². The Morgan fingerprint density at radius 1 is 1.22 bits per heavy atom. The molecule has 1 aromatic heterocycles. The Morgan fingerprint density at radius 3 is 2.52 bits per heavy atom. The van der Waals surface area contributed by atoms with Gasteiger partial charge >= 0.3 is 11.7 Å². The molecule has 0 fully saturated rings. The molecule has 0 bridgehead atoms. The van der Waals surface area contributed by atoms with E-state index in [1.165, 1.54) is 0 Å². The Kier molecular flexibility index (Phi) is 3.24. The van der Waals surface area contributed by atoms with E-state index in [0.717, 1.165) is 22.5 Å². The molecule has 2 heterocycles. The second-order valence-electron chi connectivity index (χ2n) is 5.58. The van der Waals surface area contributed by atoms with Crippen LogP contribution in [0.2, 0.25) is 0 Å². The maximum Gasteiger partial charge on any atom is 0.330 e. The Bertz CT molecular complexity index is 942. The summed E-state index contributed by atoms with van der Waals surface area (Å²) in [6.07, 6.45) is 0. The number of aromatic amines is 1. The number of aryl methyl sites for hydroxylation is 2. The Morgan fingerprint density at radius 2 is 1.87 bits per heavy atom. The van der Waals surface area contributed by atoms with Gasteiger partial charge in [0.05, 0.1) is 11.4 Å². The summed E-state index contributed by atoms with van der Waals surface area (Å²) in [4.78, 5) is 39.6. The van der Waals surface area contributed by atoms with E-state index < -0.39 is 23.8 Å². The van der Waals surface area contributed by atoms with Crippen LogP contribution in [0.25, 0.3) is 0 Å². The smallest absolute Gasteiger partial charge is 0.330 e. The number of anilines is 4. The van der Waals surface area contributed by atoms with Crippen LogP contribution < -0.4 is 21.5 Å². The van der Waals surface area contributed by atoms with Gasteiger partial charge in [-0.25, -0.2) is 9.36 Å². The molecule has 0 saturated heterocycles. The lowest BCUT2D eigenvalue weighted by atomic mass is 10.1. The summed E-state index contributed by atoms with van der Waals surface area (Å²) in [6, 6.07) is 3.87. The van der Waals surface area contributed by atoms with E-state index in [2.05, 4.69) is 10.3 Å². The lowest BCUT2D eigenvalue weighted by molar-refractivity contribution is -0.137. The number of aromatic nitrogens is 2. The molecule has 3 N–H and O–H groups in total. The summed E-state index contributed by atoms with van der Waals surface area (Å²) in [5.74, 6) is -0.939. The Hall–Kier alpha value is -3.03. The first-order valence-corrected chi connectivity index (χ1v) is 7.00. The number of H-pyrrole nitrogens is 1. The van der Waals surface area contributed by atoms with E-state index in [1.54, 1.807) is 11.9 Å². The molecular formula is C15H16N4O4. The van der Waals surface area contributed by atoms with E-state index in [0.29, 0.717) is 10.4 Å². The van der Waals surface area contributed by atoms with E-state index in [-0.39, 0.29) is 5.69 Å². The monoisotopic (exact) mass is 316 g/mol. The predicted molar refractivity (Wildman–Crippen MR) is 86.2 cm³/mol. The minimum Gasteiger partial charge on any atom is -0.480 e. The third kappa shape index (κ3) is 2.28. The molecule has 0 amide bonds. The van der Waals surface area contributed by atoms with Gasteiger partial charge in [-0.05, 0) is 37.1 Å². The summed E-state index contributed by atoms with van der Waals surface area (Å²) < 4.78 is 0.661. The van der Waals surface area contributed by atoms with Crippen molar-refractivity contribution in [2.45, 2.75) is 20.4 Å². The largest absolute Gasteiger partial charge is 0.480 e. The first-order valence-electron chi connectivity index (χ1n) is 7.00. The van der Waals surface area contributed by atoms with Crippen molar-refractivity contribution in [2.24, 2.45) is 0 Å². The molecule has 0 saturated carbocycles. The molecule has 0 aliphatic carbocycles. The van der Waals surface area contributed by atoms with Gasteiger partial charge in [-0.2, -0.15) is 0 Å². The highest BCUT2D eigenvalue weighted by atomic mass is 16.4. The van der Waals surface area contributed by atoms with Gasteiger partial charge in [0.25, 0.3) is 5.56 Å². The topological polar surface area (TPSA) is 107 Å². The van der Waals surface area contributed by atoms with Crippen LogP contribution in [0.5, 0.6) is 0 Å². The Balaban J connectivity index is 2.22. The van der Waals surface area contributed by atoms with Gasteiger partial charge in [-0.1, -0.05) is 0 Å². The quantitative estimate of drug-likeness (QED) is 0.765. The van der Waals surface area contributed by atoms with Crippen molar-refractivity contribution in [1.82, 2.24) is 9.55 Å². The number of carboxylic acid groups (broad SMARTS) is 1. The van der Waals surface area contributed by atoms with Gasteiger partial charge in [0.1, 0.15) is 18.1 Å². The summed E-state index contributed by atoms with van der Waals surface area (Å²) in [5.41, 5.74) is 2.44. The number of nitrogens with one attached hydrogen (secondary N) is 2. The number of fused-ring (bicyclic) bond motifs is 2. The molecule has 3 rings (SSSR count). The van der Waals surface area contributed by atoms with Crippen LogP contribution in [0.3, 0.4) is 0 Å². The van der Waals surface area contributed by atoms with E-state index >= 15 is 0 Å². The fraction of sp³-hybridized carbons (Fsp3) is 0.267. The van der Waals surface area contributed by atoms with Gasteiger partial charge in [-0.3, -0.25) is 14.6 Å². The van der Waals surface area contributed by atoms with E-state index in [4.69, 9.17) is 5.11 Å². The molecule has 0 atom stereocenters. The zero-order valence-corrected chi connectivity index (χ0v) is 12.9. The minimum absolute atomic E-state index is 0.157. The number of hydrogen-bond acceptors (Lipinski definition) is 5. The van der Waals surface area contributed by atoms with Crippen molar-refractivity contribution >= 4 is 28.8 Å². The minimum atomic E-state index is -1.26. The molecule has 1 aliphatic rings. The van der Waals surface area contributed by atoms with Crippen molar-refractivity contribution < 1.29 is 9.90 Å². The van der Waals surface area contributed by atoms with Gasteiger partial charge in [0.15, 0.2) is 0 Å². The van der Waals surface area contributed by atoms with Crippen LogP contribution in [0.15, 0.2) is 21.7 Å². The van der Waals surface area contributed by atoms with Gasteiger partial charge in [0.2, 0.25) is 0 Å². The van der Waals surface area contributed by atoms with E-state index in [1.807, 2.05) is 26.0 Å². The highest BCUT2D eigenvalue weighted by Crippen LogP contribution is 2.40. The van der Waals surface area contributed by atoms with Crippen LogP contribution in [0.4, 0.5) is 22.9 Å². The van der Waals surface area contributed by atoms with E-state index in [9.17, 15) is 14.4 Å². The zero-order valence-electron chi connectivity index (χ0n) is 12.9. The number of carboxylic acids is 1. The molecule has 8 nitrogen and oxygen atoms in total. The number of carbonyl (C=O) groups is 1. The molecule has 1 aromatic carbocycles. The summed E-state index contributed by atoms with van der Waals surface area (Å²) in [6.45, 7) is 3.25. The maximum atomic E-state index is 12.5. The fourth-order valence-corrected chi connectivity index (χ4v) is 2.64. The number of hydrogen-bond donors (Lipinski definition) is 3. The highest BCUT2D eigenvalue weighted by molar-refractivity contribution is 5.89. The van der Waals surface area contributed by atoms with Crippen LogP contribution in [-0.4, -0.2) is 27.7 Å². The number of benzene rings is 1. The molecule has 23 heavy (non-hydrogen) atoms. The van der Waals surface area contributed by atoms with Crippen LogP contribution in [0.1, 0.15) is 11.1 Å². The molecule has 0 radical (unpaired) electrons. The van der Waals surface area contributed by atoms with Crippen molar-refractivity contribution in [1.29, 1.82) is 0 Å². The lowest BCUT2D eigenvalue weighted by Crippen LogP contribution is -2.41. The van der Waals surface area contributed by atoms with Crippen LogP contribution in [-0.2, 0) is 11.3 Å². The molecule has 0 unspecified atom stereocenters. The van der Waals surface area contributed by atoms with Crippen LogP contribution >= 0.6 is 0 Å². The number of rotatable bonds is 2. The third-order valence-corrected chi connectivity index (χ3v) is 4.03. The number of nitrogens with zero attached hydrogens (tertiary/aromatic N) is 2. The lowest BCUT2D eigenvalue weighted by Gasteiger charge is -2.30. The number of aliphatic carboxylic acids is 1. The Labute approximate surface area is 131 Å². The first kappa shape index (κ1) is 14.9. The predicted octanol–water partition coefficient (Wildman–Crippen LogP) is 1.06. The molecule has 8 heteroatoms. The average Bonchev–Trinajstić information content (AvgIpc) is 2.47. The van der Waals surface area contributed by atoms with Crippen molar-refractivity contribution in [3.63, 3.8) is 0 Å². The second kappa shape index (κ2) is 5.01. The first-order chi connectivity index (χ1) is 10.8. The second-order valence-corrected chi connectivity index (χ2v) is 5.58. The molecule has 1 aliphatic heterocycles. The van der Waals surface area contributed by atoms with Crippen molar-refractivity contribution in [3.05, 3.63) is 44.1 Å². The maximum absolute atomic E-state index is 12.5. The van der Waals surface area contributed by atoms with Gasteiger partial charge in [0, 0.05) is 7.05 Å². The van der Waals surface area contributed by atoms with Gasteiger partial charge in [-0.15, -0.1) is 0 Å². The summed E-state index contributed by atoms with van der Waals surface area (Å²) >= 11 is 0. The summed E-state index contributed by atoms with van der Waals surface area (Å²) in [5, 5.41) is 11.9. The average molecular weight is 316 g/mol.